The number of rotatable bonds is 6. The maximum atomic E-state index is 11.4. The predicted molar refractivity (Wildman–Crippen MR) is 59.4 cm³/mol. The van der Waals surface area contributed by atoms with Crippen LogP contribution >= 0.6 is 0 Å². The molecule has 0 aliphatic rings. The van der Waals surface area contributed by atoms with E-state index in [2.05, 4.69) is 10.6 Å². The fraction of sp³-hybridized carbons (Fsp3) is 0.800. The van der Waals surface area contributed by atoms with Crippen molar-refractivity contribution in [1.82, 2.24) is 15.5 Å². The Bertz CT molecular complexity index is 217. The largest absolute Gasteiger partial charge is 0.355 e. The van der Waals surface area contributed by atoms with Gasteiger partial charge >= 0.3 is 0 Å². The summed E-state index contributed by atoms with van der Waals surface area (Å²) in [6, 6.07) is 0. The van der Waals surface area contributed by atoms with E-state index in [0.29, 0.717) is 19.5 Å². The molecule has 0 aromatic carbocycles. The summed E-state index contributed by atoms with van der Waals surface area (Å²) in [4.78, 5) is 24.1. The lowest BCUT2D eigenvalue weighted by atomic mass is 10.1. The van der Waals surface area contributed by atoms with Crippen LogP contribution in [0.2, 0.25) is 0 Å². The van der Waals surface area contributed by atoms with E-state index in [1.54, 1.807) is 21.1 Å². The number of nitrogens with one attached hydrogen (secondary N) is 2. The van der Waals surface area contributed by atoms with Crippen molar-refractivity contribution >= 4 is 11.8 Å². The van der Waals surface area contributed by atoms with Crippen molar-refractivity contribution in [3.8, 4) is 0 Å². The molecule has 0 spiro atoms. The number of carbonyl (C=O) groups is 2. The molecule has 1 unspecified atom stereocenters. The molecule has 88 valence electrons. The van der Waals surface area contributed by atoms with Gasteiger partial charge in [0.1, 0.15) is 0 Å². The minimum atomic E-state index is -0.0653. The van der Waals surface area contributed by atoms with Crippen LogP contribution < -0.4 is 10.6 Å². The highest BCUT2D eigenvalue weighted by Crippen LogP contribution is 1.92. The number of nitrogens with zero attached hydrogens (tertiary/aromatic N) is 1. The van der Waals surface area contributed by atoms with Gasteiger partial charge in [0.25, 0.3) is 0 Å². The van der Waals surface area contributed by atoms with Crippen molar-refractivity contribution < 1.29 is 9.59 Å². The van der Waals surface area contributed by atoms with Gasteiger partial charge in [-0.25, -0.2) is 0 Å². The Balaban J connectivity index is 3.68. The summed E-state index contributed by atoms with van der Waals surface area (Å²) in [5, 5.41) is 5.66. The highest BCUT2D eigenvalue weighted by molar-refractivity contribution is 5.80. The third kappa shape index (κ3) is 6.06. The van der Waals surface area contributed by atoms with Gasteiger partial charge in [-0.05, 0) is 7.05 Å². The van der Waals surface area contributed by atoms with Gasteiger partial charge in [-0.1, -0.05) is 6.92 Å². The van der Waals surface area contributed by atoms with E-state index in [1.165, 1.54) is 4.90 Å². The zero-order valence-electron chi connectivity index (χ0n) is 9.96. The maximum absolute atomic E-state index is 11.4. The maximum Gasteiger partial charge on any atom is 0.224 e. The minimum absolute atomic E-state index is 0.0177. The van der Waals surface area contributed by atoms with Crippen LogP contribution in [0.15, 0.2) is 0 Å². The SMILES string of the molecule is CNCC(C)C(=O)NCCC(=O)N(C)C. The lowest BCUT2D eigenvalue weighted by Crippen LogP contribution is -2.36. The molecule has 2 amide bonds. The standard InChI is InChI=1S/C10H21N3O2/c1-8(7-11-2)10(15)12-6-5-9(14)13(3)4/h8,11H,5-7H2,1-4H3,(H,12,15). The van der Waals surface area contributed by atoms with E-state index in [-0.39, 0.29) is 17.7 Å². The fourth-order valence-electron chi connectivity index (χ4n) is 1.09. The smallest absolute Gasteiger partial charge is 0.224 e. The minimum Gasteiger partial charge on any atom is -0.355 e. The average Bonchev–Trinajstić information content (AvgIpc) is 2.17. The highest BCUT2D eigenvalue weighted by Gasteiger charge is 2.11. The summed E-state index contributed by atoms with van der Waals surface area (Å²) in [5.74, 6) is -0.0584. The molecule has 0 fully saturated rings. The Morgan fingerprint density at radius 3 is 2.40 bits per heavy atom. The summed E-state index contributed by atoms with van der Waals surface area (Å²) >= 11 is 0. The number of amides is 2. The van der Waals surface area contributed by atoms with Crippen LogP contribution in [0.4, 0.5) is 0 Å². The van der Waals surface area contributed by atoms with Gasteiger partial charge in [0.15, 0.2) is 0 Å². The third-order valence-electron chi connectivity index (χ3n) is 2.09. The molecule has 5 nitrogen and oxygen atoms in total. The molecule has 0 saturated carbocycles. The molecule has 1 atom stereocenters. The number of hydrogen-bond acceptors (Lipinski definition) is 3. The van der Waals surface area contributed by atoms with Crippen LogP contribution in [-0.2, 0) is 9.59 Å². The van der Waals surface area contributed by atoms with Crippen molar-refractivity contribution in [2.45, 2.75) is 13.3 Å². The first-order valence-electron chi connectivity index (χ1n) is 5.11. The van der Waals surface area contributed by atoms with E-state index in [9.17, 15) is 9.59 Å². The molecule has 0 radical (unpaired) electrons. The number of carbonyl (C=O) groups excluding carboxylic acids is 2. The van der Waals surface area contributed by atoms with Gasteiger partial charge in [-0.3, -0.25) is 9.59 Å². The topological polar surface area (TPSA) is 61.4 Å². The number of hydrogen-bond donors (Lipinski definition) is 2. The van der Waals surface area contributed by atoms with E-state index >= 15 is 0 Å². The molecule has 2 N–H and O–H groups in total. The Labute approximate surface area is 91.2 Å². The summed E-state index contributed by atoms with van der Waals surface area (Å²) < 4.78 is 0. The Morgan fingerprint density at radius 1 is 1.33 bits per heavy atom. The lowest BCUT2D eigenvalue weighted by Gasteiger charge is -2.13. The van der Waals surface area contributed by atoms with E-state index in [4.69, 9.17) is 0 Å². The molecular formula is C10H21N3O2. The van der Waals surface area contributed by atoms with Crippen LogP contribution in [0.25, 0.3) is 0 Å². The average molecular weight is 215 g/mol. The van der Waals surface area contributed by atoms with Crippen LogP contribution in [0.5, 0.6) is 0 Å². The Hall–Kier alpha value is -1.10. The molecule has 5 heteroatoms. The monoisotopic (exact) mass is 215 g/mol. The quantitative estimate of drug-likeness (QED) is 0.624. The first-order chi connectivity index (χ1) is 6.99. The van der Waals surface area contributed by atoms with Crippen molar-refractivity contribution in [1.29, 1.82) is 0 Å². The molecule has 0 rings (SSSR count). The summed E-state index contributed by atoms with van der Waals surface area (Å²) in [6.07, 6.45) is 0.352. The molecule has 0 aliphatic heterocycles. The van der Waals surface area contributed by atoms with Crippen LogP contribution in [0.1, 0.15) is 13.3 Å². The summed E-state index contributed by atoms with van der Waals surface area (Å²) in [5.41, 5.74) is 0. The molecular weight excluding hydrogens is 194 g/mol. The molecule has 0 aliphatic carbocycles. The molecule has 15 heavy (non-hydrogen) atoms. The van der Waals surface area contributed by atoms with Crippen LogP contribution in [0, 0.1) is 5.92 Å². The van der Waals surface area contributed by atoms with Gasteiger partial charge in [-0.2, -0.15) is 0 Å². The van der Waals surface area contributed by atoms with E-state index in [0.717, 1.165) is 0 Å². The first-order valence-corrected chi connectivity index (χ1v) is 5.11. The molecule has 0 aromatic rings. The molecule has 0 heterocycles. The van der Waals surface area contributed by atoms with Gasteiger partial charge < -0.3 is 15.5 Å². The van der Waals surface area contributed by atoms with Crippen molar-refractivity contribution in [3.05, 3.63) is 0 Å². The highest BCUT2D eigenvalue weighted by atomic mass is 16.2. The van der Waals surface area contributed by atoms with Gasteiger partial charge in [0.05, 0.1) is 0 Å². The van der Waals surface area contributed by atoms with Crippen molar-refractivity contribution in [3.63, 3.8) is 0 Å². The van der Waals surface area contributed by atoms with Crippen LogP contribution in [0.3, 0.4) is 0 Å². The Kier molecular flexibility index (Phi) is 6.70. The van der Waals surface area contributed by atoms with Gasteiger partial charge in [0, 0.05) is 39.5 Å². The molecule has 0 saturated heterocycles. The van der Waals surface area contributed by atoms with E-state index < -0.39 is 0 Å². The second-order valence-electron chi connectivity index (χ2n) is 3.79. The van der Waals surface area contributed by atoms with Gasteiger partial charge in [0.2, 0.25) is 11.8 Å². The molecule has 0 bridgehead atoms. The normalized spacial score (nSPS) is 12.0. The first kappa shape index (κ1) is 13.9. The zero-order valence-corrected chi connectivity index (χ0v) is 9.96. The van der Waals surface area contributed by atoms with Crippen molar-refractivity contribution in [2.75, 3.05) is 34.2 Å². The summed E-state index contributed by atoms with van der Waals surface area (Å²) in [7, 11) is 5.21. The lowest BCUT2D eigenvalue weighted by molar-refractivity contribution is -0.129. The van der Waals surface area contributed by atoms with Crippen LogP contribution in [-0.4, -0.2) is 50.9 Å². The zero-order chi connectivity index (χ0) is 11.8. The van der Waals surface area contributed by atoms with E-state index in [1.807, 2.05) is 6.92 Å². The predicted octanol–water partition coefficient (Wildman–Crippen LogP) is -0.564. The summed E-state index contributed by atoms with van der Waals surface area (Å²) in [6.45, 7) is 2.90. The van der Waals surface area contributed by atoms with Gasteiger partial charge in [-0.15, -0.1) is 0 Å². The third-order valence-corrected chi connectivity index (χ3v) is 2.09. The van der Waals surface area contributed by atoms with Crippen molar-refractivity contribution in [2.24, 2.45) is 5.92 Å². The molecule has 0 aromatic heterocycles. The Morgan fingerprint density at radius 2 is 1.93 bits per heavy atom. The fourth-order valence-corrected chi connectivity index (χ4v) is 1.09. The second kappa shape index (κ2) is 7.23. The second-order valence-corrected chi connectivity index (χ2v) is 3.79.